The van der Waals surface area contributed by atoms with E-state index in [0.717, 1.165) is 34.4 Å². The minimum absolute atomic E-state index is 0.131. The molecule has 0 aliphatic rings. The fraction of sp³-hybridized carbons (Fsp3) is 0.125. The van der Waals surface area contributed by atoms with Gasteiger partial charge in [-0.2, -0.15) is 4.98 Å². The number of carbonyl (C=O) groups excluding carboxylic acids is 1. The van der Waals surface area contributed by atoms with E-state index in [1.807, 2.05) is 49.4 Å². The molecule has 0 spiro atoms. The SMILES string of the molecule is COCc1ccccc1-c1ccc(-c2nc(-c3ccc(C(=O)OF)c(F)c3)no2)cc1C. The minimum atomic E-state index is -1.41. The van der Waals surface area contributed by atoms with E-state index in [2.05, 4.69) is 15.1 Å². The van der Waals surface area contributed by atoms with Crippen LogP contribution in [0.15, 0.2) is 65.2 Å². The molecule has 0 radical (unpaired) electrons. The fourth-order valence-corrected chi connectivity index (χ4v) is 3.48. The molecule has 162 valence electrons. The Bertz CT molecular complexity index is 1290. The van der Waals surface area contributed by atoms with Crippen LogP contribution in [0.25, 0.3) is 34.0 Å². The standard InChI is InChI=1S/C24H18F2N2O4/c1-14-11-16(8-9-18(14)19-6-4-3-5-17(19)13-30-2)23-27-22(28-32-23)15-7-10-20(21(25)12-15)24(29)31-26/h3-12H,13H2,1-2H3. The predicted molar refractivity (Wildman–Crippen MR) is 113 cm³/mol. The lowest BCUT2D eigenvalue weighted by Crippen LogP contribution is -2.02. The third kappa shape index (κ3) is 4.13. The molecule has 4 rings (SSSR count). The van der Waals surface area contributed by atoms with Crippen LogP contribution in [-0.2, 0) is 16.3 Å². The predicted octanol–water partition coefficient (Wildman–Crippen LogP) is 5.71. The number of hydrogen-bond acceptors (Lipinski definition) is 6. The van der Waals surface area contributed by atoms with Crippen molar-refractivity contribution in [1.29, 1.82) is 0 Å². The molecule has 0 bridgehead atoms. The number of ether oxygens (including phenoxy) is 1. The van der Waals surface area contributed by atoms with Crippen LogP contribution in [0.3, 0.4) is 0 Å². The number of aromatic nitrogens is 2. The van der Waals surface area contributed by atoms with Crippen LogP contribution in [0.2, 0.25) is 0 Å². The summed E-state index contributed by atoms with van der Waals surface area (Å²) >= 11 is 0. The van der Waals surface area contributed by atoms with Crippen molar-refractivity contribution < 1.29 is 27.9 Å². The Morgan fingerprint density at radius 2 is 1.81 bits per heavy atom. The second-order valence-electron chi connectivity index (χ2n) is 7.10. The van der Waals surface area contributed by atoms with Gasteiger partial charge in [0, 0.05) is 22.8 Å². The van der Waals surface area contributed by atoms with E-state index in [-0.39, 0.29) is 17.3 Å². The third-order valence-corrected chi connectivity index (χ3v) is 5.02. The van der Waals surface area contributed by atoms with Gasteiger partial charge in [-0.3, -0.25) is 0 Å². The van der Waals surface area contributed by atoms with Crippen LogP contribution in [0, 0.1) is 12.7 Å². The molecule has 0 saturated carbocycles. The summed E-state index contributed by atoms with van der Waals surface area (Å²) in [7, 11) is 1.66. The Morgan fingerprint density at radius 3 is 2.53 bits per heavy atom. The Hall–Kier alpha value is -3.91. The molecule has 1 aromatic heterocycles. The number of methoxy groups -OCH3 is 1. The average Bonchev–Trinajstić information content (AvgIpc) is 3.30. The van der Waals surface area contributed by atoms with Crippen molar-refractivity contribution >= 4 is 5.97 Å². The van der Waals surface area contributed by atoms with Crippen molar-refractivity contribution in [2.24, 2.45) is 0 Å². The van der Waals surface area contributed by atoms with Gasteiger partial charge in [-0.05, 0) is 59.5 Å². The Balaban J connectivity index is 1.64. The topological polar surface area (TPSA) is 74.5 Å². The smallest absolute Gasteiger partial charge is 0.380 e. The van der Waals surface area contributed by atoms with Gasteiger partial charge in [0.25, 0.3) is 5.89 Å². The number of carbonyl (C=O) groups is 1. The van der Waals surface area contributed by atoms with E-state index >= 15 is 0 Å². The second kappa shape index (κ2) is 9.07. The lowest BCUT2D eigenvalue weighted by Gasteiger charge is -2.12. The molecule has 0 aliphatic heterocycles. The maximum atomic E-state index is 14.1. The van der Waals surface area contributed by atoms with Gasteiger partial charge in [-0.25, -0.2) is 14.1 Å². The van der Waals surface area contributed by atoms with E-state index in [1.54, 1.807) is 7.11 Å². The molecule has 1 heterocycles. The maximum absolute atomic E-state index is 14.1. The van der Waals surface area contributed by atoms with E-state index in [0.29, 0.717) is 12.2 Å². The largest absolute Gasteiger partial charge is 0.382 e. The summed E-state index contributed by atoms with van der Waals surface area (Å²) in [4.78, 5) is 18.6. The number of benzene rings is 3. The fourth-order valence-electron chi connectivity index (χ4n) is 3.48. The van der Waals surface area contributed by atoms with Crippen LogP contribution in [0.4, 0.5) is 8.92 Å². The maximum Gasteiger partial charge on any atom is 0.382 e. The first kappa shape index (κ1) is 21.3. The Morgan fingerprint density at radius 1 is 1.03 bits per heavy atom. The van der Waals surface area contributed by atoms with Gasteiger partial charge in [-0.1, -0.05) is 35.5 Å². The normalized spacial score (nSPS) is 10.9. The van der Waals surface area contributed by atoms with Crippen molar-refractivity contribution in [2.75, 3.05) is 7.11 Å². The lowest BCUT2D eigenvalue weighted by molar-refractivity contribution is -0.0791. The summed E-state index contributed by atoms with van der Waals surface area (Å²) < 4.78 is 36.8. The van der Waals surface area contributed by atoms with Gasteiger partial charge < -0.3 is 9.26 Å². The molecule has 0 atom stereocenters. The van der Waals surface area contributed by atoms with E-state index in [1.165, 1.54) is 6.07 Å². The highest BCUT2D eigenvalue weighted by Gasteiger charge is 2.18. The molecule has 0 fully saturated rings. The highest BCUT2D eigenvalue weighted by atomic mass is 19.3. The van der Waals surface area contributed by atoms with E-state index in [9.17, 15) is 13.7 Å². The lowest BCUT2D eigenvalue weighted by atomic mass is 9.95. The third-order valence-electron chi connectivity index (χ3n) is 5.02. The number of rotatable bonds is 6. The number of halogens is 2. The molecule has 8 heteroatoms. The summed E-state index contributed by atoms with van der Waals surface area (Å²) in [6.45, 7) is 2.49. The van der Waals surface area contributed by atoms with E-state index < -0.39 is 17.3 Å². The summed E-state index contributed by atoms with van der Waals surface area (Å²) in [5.74, 6) is -1.98. The van der Waals surface area contributed by atoms with Gasteiger partial charge in [0.15, 0.2) is 0 Å². The molecule has 3 aromatic carbocycles. The van der Waals surface area contributed by atoms with Gasteiger partial charge in [-0.15, -0.1) is 0 Å². The van der Waals surface area contributed by atoms with Gasteiger partial charge >= 0.3 is 5.97 Å². The first-order chi connectivity index (χ1) is 15.5. The summed E-state index contributed by atoms with van der Waals surface area (Å²) in [6.07, 6.45) is 0. The number of nitrogens with zero attached hydrogens (tertiary/aromatic N) is 2. The monoisotopic (exact) mass is 436 g/mol. The van der Waals surface area contributed by atoms with Crippen LogP contribution in [0.1, 0.15) is 21.5 Å². The van der Waals surface area contributed by atoms with Crippen LogP contribution in [0.5, 0.6) is 0 Å². The Kier molecular flexibility index (Phi) is 6.04. The summed E-state index contributed by atoms with van der Waals surface area (Å²) in [6, 6.07) is 17.3. The van der Waals surface area contributed by atoms with Crippen LogP contribution < -0.4 is 0 Å². The Labute approximate surface area is 182 Å². The molecule has 0 N–H and O–H groups in total. The molecule has 0 unspecified atom stereocenters. The molecular formula is C24H18F2N2O4. The van der Waals surface area contributed by atoms with E-state index in [4.69, 9.17) is 9.26 Å². The zero-order valence-corrected chi connectivity index (χ0v) is 17.3. The summed E-state index contributed by atoms with van der Waals surface area (Å²) in [5, 5.41) is 3.89. The van der Waals surface area contributed by atoms with Gasteiger partial charge in [0.05, 0.1) is 12.2 Å². The van der Waals surface area contributed by atoms with Crippen molar-refractivity contribution in [3.63, 3.8) is 0 Å². The minimum Gasteiger partial charge on any atom is -0.380 e. The van der Waals surface area contributed by atoms with Crippen molar-refractivity contribution in [1.82, 2.24) is 10.1 Å². The second-order valence-corrected chi connectivity index (χ2v) is 7.10. The molecule has 6 nitrogen and oxygen atoms in total. The molecule has 4 aromatic rings. The zero-order chi connectivity index (χ0) is 22.7. The van der Waals surface area contributed by atoms with Gasteiger partial charge in [0.2, 0.25) is 5.82 Å². The van der Waals surface area contributed by atoms with Gasteiger partial charge in [0.1, 0.15) is 5.82 Å². The highest BCUT2D eigenvalue weighted by Crippen LogP contribution is 2.31. The van der Waals surface area contributed by atoms with Crippen molar-refractivity contribution in [2.45, 2.75) is 13.5 Å². The molecule has 0 saturated heterocycles. The number of hydrogen-bond donors (Lipinski definition) is 0. The quantitative estimate of drug-likeness (QED) is 0.386. The first-order valence-electron chi connectivity index (χ1n) is 9.66. The zero-order valence-electron chi connectivity index (χ0n) is 17.3. The highest BCUT2D eigenvalue weighted by molar-refractivity contribution is 5.89. The van der Waals surface area contributed by atoms with Crippen LogP contribution in [-0.4, -0.2) is 23.2 Å². The van der Waals surface area contributed by atoms with Crippen molar-refractivity contribution in [3.8, 4) is 34.0 Å². The molecule has 0 aliphatic carbocycles. The van der Waals surface area contributed by atoms with Crippen LogP contribution >= 0.6 is 0 Å². The number of aryl methyl sites for hydroxylation is 1. The van der Waals surface area contributed by atoms with Crippen molar-refractivity contribution in [3.05, 3.63) is 83.2 Å². The molecular weight excluding hydrogens is 418 g/mol. The first-order valence-corrected chi connectivity index (χ1v) is 9.66. The average molecular weight is 436 g/mol. The molecule has 0 amide bonds. The molecule has 32 heavy (non-hydrogen) atoms. The summed E-state index contributed by atoms with van der Waals surface area (Å²) in [5.41, 5.74) is 4.66.